The molecule has 1 saturated heterocycles. The summed E-state index contributed by atoms with van der Waals surface area (Å²) >= 11 is 0. The molecule has 0 N–H and O–H groups in total. The van der Waals surface area contributed by atoms with Gasteiger partial charge in [-0.3, -0.25) is 18.7 Å². The smallest absolute Gasteiger partial charge is 0.453 e. The van der Waals surface area contributed by atoms with E-state index in [2.05, 4.69) is 15.3 Å². The minimum Gasteiger partial charge on any atom is -0.459 e. The van der Waals surface area contributed by atoms with Crippen LogP contribution in [0.2, 0.25) is 0 Å². The van der Waals surface area contributed by atoms with Crippen molar-refractivity contribution in [2.24, 2.45) is 20.0 Å². The number of esters is 1. The Bertz CT molecular complexity index is 1320. The maximum absolute atomic E-state index is 13.1. The fourth-order valence-corrected chi connectivity index (χ4v) is 3.65. The van der Waals surface area contributed by atoms with E-state index in [1.54, 1.807) is 11.0 Å². The zero-order valence-corrected chi connectivity index (χ0v) is 17.7. The number of carbonyl (C=O) groups excluding carboxylic acids is 1. The van der Waals surface area contributed by atoms with Crippen molar-refractivity contribution < 1.29 is 22.7 Å². The number of hydrogen-bond acceptors (Lipinski definition) is 8. The number of nitrogens with zero attached hydrogens (tertiary/aromatic N) is 7. The normalized spacial score (nSPS) is 15.2. The van der Waals surface area contributed by atoms with Gasteiger partial charge in [-0.2, -0.15) is 17.7 Å². The molecule has 33 heavy (non-hydrogen) atoms. The van der Waals surface area contributed by atoms with Gasteiger partial charge in [-0.1, -0.05) is 0 Å². The SMILES string of the molecule is Cn1c(COC(=O)C2CCN(c3ccc4nnc(C(F)(F)F)n4n3)CC2)cc(=O)n(C)c1=O. The lowest BCUT2D eigenvalue weighted by atomic mass is 9.97. The number of anilines is 1. The first-order chi connectivity index (χ1) is 15.6. The van der Waals surface area contributed by atoms with Gasteiger partial charge >= 0.3 is 17.8 Å². The lowest BCUT2D eigenvalue weighted by molar-refractivity contribution is -0.151. The molecule has 176 valence electrons. The highest BCUT2D eigenvalue weighted by Gasteiger charge is 2.38. The van der Waals surface area contributed by atoms with Crippen LogP contribution < -0.4 is 16.1 Å². The molecular weight excluding hydrogens is 447 g/mol. The van der Waals surface area contributed by atoms with E-state index in [0.29, 0.717) is 36.3 Å². The highest BCUT2D eigenvalue weighted by Crippen LogP contribution is 2.29. The molecule has 0 saturated carbocycles. The van der Waals surface area contributed by atoms with Crippen LogP contribution in [0.25, 0.3) is 5.65 Å². The number of rotatable bonds is 4. The molecule has 4 heterocycles. The summed E-state index contributed by atoms with van der Waals surface area (Å²) in [6, 6.07) is 4.19. The largest absolute Gasteiger partial charge is 0.459 e. The van der Waals surface area contributed by atoms with E-state index in [4.69, 9.17) is 4.74 Å². The Hall–Kier alpha value is -3.71. The van der Waals surface area contributed by atoms with Gasteiger partial charge in [-0.05, 0) is 25.0 Å². The van der Waals surface area contributed by atoms with Crippen molar-refractivity contribution in [3.05, 3.63) is 50.6 Å². The lowest BCUT2D eigenvalue weighted by Crippen LogP contribution is -2.39. The third-order valence-electron chi connectivity index (χ3n) is 5.64. The van der Waals surface area contributed by atoms with Crippen molar-refractivity contribution in [1.29, 1.82) is 0 Å². The predicted molar refractivity (Wildman–Crippen MR) is 107 cm³/mol. The van der Waals surface area contributed by atoms with Crippen LogP contribution >= 0.6 is 0 Å². The maximum atomic E-state index is 13.1. The first-order valence-electron chi connectivity index (χ1n) is 10.0. The Kier molecular flexibility index (Phi) is 5.68. The van der Waals surface area contributed by atoms with Gasteiger partial charge in [0.1, 0.15) is 12.4 Å². The second kappa shape index (κ2) is 8.33. The Morgan fingerprint density at radius 3 is 2.48 bits per heavy atom. The number of piperidine rings is 1. The summed E-state index contributed by atoms with van der Waals surface area (Å²) < 4.78 is 47.4. The minimum absolute atomic E-state index is 0.0188. The van der Waals surface area contributed by atoms with Gasteiger partial charge in [0.2, 0.25) is 0 Å². The van der Waals surface area contributed by atoms with E-state index in [9.17, 15) is 27.6 Å². The molecule has 0 spiro atoms. The topological polar surface area (TPSA) is 117 Å². The van der Waals surface area contributed by atoms with E-state index in [-0.39, 0.29) is 17.9 Å². The van der Waals surface area contributed by atoms with Gasteiger partial charge in [0.15, 0.2) is 5.65 Å². The van der Waals surface area contributed by atoms with Gasteiger partial charge in [0, 0.05) is 33.3 Å². The summed E-state index contributed by atoms with van der Waals surface area (Å²) in [7, 11) is 2.83. The van der Waals surface area contributed by atoms with Crippen molar-refractivity contribution in [2.75, 3.05) is 18.0 Å². The van der Waals surface area contributed by atoms with Gasteiger partial charge in [-0.25, -0.2) is 4.79 Å². The van der Waals surface area contributed by atoms with Crippen molar-refractivity contribution in [3.8, 4) is 0 Å². The van der Waals surface area contributed by atoms with E-state index >= 15 is 0 Å². The molecule has 1 aliphatic rings. The second-order valence-corrected chi connectivity index (χ2v) is 7.73. The molecule has 1 aliphatic heterocycles. The Labute approximate surface area is 184 Å². The summed E-state index contributed by atoms with van der Waals surface area (Å²) in [4.78, 5) is 38.0. The van der Waals surface area contributed by atoms with Gasteiger partial charge in [0.05, 0.1) is 11.6 Å². The third-order valence-corrected chi connectivity index (χ3v) is 5.64. The summed E-state index contributed by atoms with van der Waals surface area (Å²) in [6.07, 6.45) is -3.88. The third kappa shape index (κ3) is 4.32. The van der Waals surface area contributed by atoms with E-state index in [0.717, 1.165) is 4.57 Å². The molecule has 0 bridgehead atoms. The van der Waals surface area contributed by atoms with Crippen LogP contribution in [0.4, 0.5) is 19.0 Å². The molecule has 0 atom stereocenters. The lowest BCUT2D eigenvalue weighted by Gasteiger charge is -2.31. The number of alkyl halides is 3. The van der Waals surface area contributed by atoms with Crippen molar-refractivity contribution >= 4 is 17.4 Å². The highest BCUT2D eigenvalue weighted by atomic mass is 19.4. The molecule has 3 aromatic heterocycles. The number of halogens is 3. The molecule has 0 amide bonds. The fourth-order valence-electron chi connectivity index (χ4n) is 3.65. The zero-order valence-electron chi connectivity index (χ0n) is 17.7. The first-order valence-corrected chi connectivity index (χ1v) is 10.0. The first kappa shape index (κ1) is 22.5. The van der Waals surface area contributed by atoms with Crippen LogP contribution in [0.15, 0.2) is 27.8 Å². The highest BCUT2D eigenvalue weighted by molar-refractivity contribution is 5.72. The number of aromatic nitrogens is 6. The molecule has 4 rings (SSSR count). The summed E-state index contributed by atoms with van der Waals surface area (Å²) in [5.74, 6) is -1.78. The van der Waals surface area contributed by atoms with Crippen LogP contribution in [-0.4, -0.2) is 48.0 Å². The van der Waals surface area contributed by atoms with Crippen LogP contribution in [0.3, 0.4) is 0 Å². The molecule has 0 aliphatic carbocycles. The number of ether oxygens (including phenoxy) is 1. The number of hydrogen-bond donors (Lipinski definition) is 0. The van der Waals surface area contributed by atoms with Crippen LogP contribution in [-0.2, 0) is 36.4 Å². The predicted octanol–water partition coefficient (Wildman–Crippen LogP) is 0.500. The quantitative estimate of drug-likeness (QED) is 0.510. The second-order valence-electron chi connectivity index (χ2n) is 7.73. The molecule has 0 radical (unpaired) electrons. The molecule has 0 unspecified atom stereocenters. The Morgan fingerprint density at radius 2 is 1.82 bits per heavy atom. The number of carbonyl (C=O) groups is 1. The molecule has 11 nitrogen and oxygen atoms in total. The summed E-state index contributed by atoms with van der Waals surface area (Å²) in [5.41, 5.74) is -0.757. The van der Waals surface area contributed by atoms with Gasteiger partial charge in [-0.15, -0.1) is 15.3 Å². The average Bonchev–Trinajstić information content (AvgIpc) is 3.23. The monoisotopic (exact) mass is 467 g/mol. The fraction of sp³-hybridized carbons (Fsp3) is 0.474. The molecule has 14 heteroatoms. The van der Waals surface area contributed by atoms with Crippen molar-refractivity contribution in [1.82, 2.24) is 28.9 Å². The van der Waals surface area contributed by atoms with Crippen molar-refractivity contribution in [2.45, 2.75) is 25.6 Å². The van der Waals surface area contributed by atoms with Crippen LogP contribution in [0, 0.1) is 5.92 Å². The summed E-state index contributed by atoms with van der Waals surface area (Å²) in [6.45, 7) is 0.547. The van der Waals surface area contributed by atoms with Crippen molar-refractivity contribution in [3.63, 3.8) is 0 Å². The molecule has 0 aromatic carbocycles. The van der Waals surface area contributed by atoms with E-state index < -0.39 is 35.1 Å². The van der Waals surface area contributed by atoms with E-state index in [1.165, 1.54) is 30.8 Å². The zero-order chi connectivity index (χ0) is 23.9. The van der Waals surface area contributed by atoms with Crippen LogP contribution in [0.1, 0.15) is 24.4 Å². The average molecular weight is 467 g/mol. The summed E-state index contributed by atoms with van der Waals surface area (Å²) in [5, 5.41) is 10.7. The Balaban J connectivity index is 1.39. The molecule has 1 fully saturated rings. The molecule has 3 aromatic rings. The van der Waals surface area contributed by atoms with Gasteiger partial charge in [0.25, 0.3) is 11.4 Å². The number of fused-ring (bicyclic) bond motifs is 1. The standard InChI is InChI=1S/C19H20F3N7O4/c1-26-12(9-15(30)27(2)18(26)32)10-33-16(31)11-5-7-28(8-6-11)14-4-3-13-23-24-17(19(20,21)22)29(13)25-14/h3-4,9,11H,5-8,10H2,1-2H3. The van der Waals surface area contributed by atoms with Crippen LogP contribution in [0.5, 0.6) is 0 Å². The van der Waals surface area contributed by atoms with E-state index in [1.807, 2.05) is 0 Å². The Morgan fingerprint density at radius 1 is 1.12 bits per heavy atom. The minimum atomic E-state index is -4.69. The van der Waals surface area contributed by atoms with Gasteiger partial charge < -0.3 is 9.64 Å². The maximum Gasteiger partial charge on any atom is 0.453 e. The molecular formula is C19H20F3N7O4.